The first kappa shape index (κ1) is 17.5. The van der Waals surface area contributed by atoms with Crippen LogP contribution < -0.4 is 25.6 Å². The third-order valence-electron chi connectivity index (χ3n) is 6.19. The zero-order valence-electron chi connectivity index (χ0n) is 24.3. The van der Waals surface area contributed by atoms with Crippen molar-refractivity contribution in [2.45, 2.75) is 25.8 Å². The summed E-state index contributed by atoms with van der Waals surface area (Å²) in [7, 11) is 0. The average molecular weight is 505 g/mol. The Morgan fingerprint density at radius 3 is 2.86 bits per heavy atom. The molecule has 0 saturated carbocycles. The van der Waals surface area contributed by atoms with E-state index in [0.29, 0.717) is 44.3 Å². The van der Waals surface area contributed by atoms with Crippen molar-refractivity contribution in [1.82, 2.24) is 15.6 Å². The van der Waals surface area contributed by atoms with Gasteiger partial charge in [0.2, 0.25) is 0 Å². The van der Waals surface area contributed by atoms with Crippen molar-refractivity contribution in [1.29, 1.82) is 0 Å². The highest BCUT2D eigenvalue weighted by atomic mass is 32.1. The Hall–Kier alpha value is -3.95. The van der Waals surface area contributed by atoms with Gasteiger partial charge in [0.15, 0.2) is 0 Å². The van der Waals surface area contributed by atoms with E-state index in [9.17, 15) is 9.59 Å². The second kappa shape index (κ2) is 9.25. The first-order valence-electron chi connectivity index (χ1n) is 14.0. The van der Waals surface area contributed by atoms with Crippen molar-refractivity contribution in [3.05, 3.63) is 71.1 Å². The van der Waals surface area contributed by atoms with E-state index in [1.54, 1.807) is 37.4 Å². The molecule has 6 rings (SSSR count). The number of nitrogens with one attached hydrogen (secondary N) is 3. The van der Waals surface area contributed by atoms with Crippen molar-refractivity contribution in [2.24, 2.45) is 0 Å². The number of anilines is 3. The number of carbonyl (C=O) groups excluding carboxylic acids is 2. The van der Waals surface area contributed by atoms with Gasteiger partial charge >= 0.3 is 6.03 Å². The lowest BCUT2D eigenvalue weighted by Gasteiger charge is -2.30. The summed E-state index contributed by atoms with van der Waals surface area (Å²) in [6.07, 6.45) is 3.46. The molecule has 3 N–H and O–H groups in total. The molecule has 4 aromatic rings. The first-order chi connectivity index (χ1) is 19.7. The number of nitrogens with zero attached hydrogens (tertiary/aromatic N) is 2. The molecule has 2 aromatic heterocycles. The monoisotopic (exact) mass is 504 g/mol. The summed E-state index contributed by atoms with van der Waals surface area (Å²) in [5, 5.41) is 9.91. The van der Waals surface area contributed by atoms with Gasteiger partial charge in [0.05, 0.1) is 29.3 Å². The van der Waals surface area contributed by atoms with E-state index in [-0.39, 0.29) is 23.4 Å². The smallest absolute Gasteiger partial charge is 0.331 e. The molecular weight excluding hydrogens is 474 g/mol. The van der Waals surface area contributed by atoms with Gasteiger partial charge in [-0.05, 0) is 68.2 Å². The van der Waals surface area contributed by atoms with Crippen LogP contribution in [0.3, 0.4) is 0 Å². The molecule has 36 heavy (non-hydrogen) atoms. The van der Waals surface area contributed by atoms with Crippen molar-refractivity contribution >= 4 is 50.6 Å². The van der Waals surface area contributed by atoms with Crippen LogP contribution in [0.1, 0.15) is 34.9 Å². The number of aromatic nitrogens is 1. The number of pyridine rings is 1. The van der Waals surface area contributed by atoms with Gasteiger partial charge in [-0.2, -0.15) is 0 Å². The second-order valence-electron chi connectivity index (χ2n) is 8.60. The number of urea groups is 1. The van der Waals surface area contributed by atoms with Crippen LogP contribution in [0.15, 0.2) is 60.7 Å². The summed E-state index contributed by atoms with van der Waals surface area (Å²) in [5.41, 5.74) is 2.19. The molecule has 0 radical (unpaired) electrons. The number of rotatable bonds is 5. The van der Waals surface area contributed by atoms with Gasteiger partial charge in [0.25, 0.3) is 5.91 Å². The Kier molecular flexibility index (Phi) is 4.49. The van der Waals surface area contributed by atoms with Crippen LogP contribution in [0.4, 0.5) is 21.9 Å². The number of piperidine rings is 1. The number of carbonyl (C=O) groups is 2. The van der Waals surface area contributed by atoms with E-state index in [4.69, 9.17) is 11.6 Å². The molecule has 0 spiro atoms. The van der Waals surface area contributed by atoms with Crippen LogP contribution in [0.5, 0.6) is 11.5 Å². The number of hydrogen-bond donors (Lipinski definition) is 3. The van der Waals surface area contributed by atoms with Gasteiger partial charge in [-0.1, -0.05) is 18.1 Å². The Labute approximate surface area is 219 Å². The number of para-hydroxylation sites is 1. The topological polar surface area (TPSA) is 95.6 Å². The van der Waals surface area contributed by atoms with E-state index < -0.39 is 36.2 Å². The van der Waals surface area contributed by atoms with E-state index in [1.165, 1.54) is 16.2 Å². The lowest BCUT2D eigenvalue weighted by atomic mass is 10.1. The highest BCUT2D eigenvalue weighted by Gasteiger charge is 2.33. The number of amides is 3. The maximum absolute atomic E-state index is 13.5. The summed E-state index contributed by atoms with van der Waals surface area (Å²) in [5.74, 6) is -0.288. The zero-order valence-corrected chi connectivity index (χ0v) is 20.1. The number of aryl methyl sites for hydroxylation is 1. The molecule has 2 aromatic carbocycles. The molecule has 3 amide bonds. The van der Waals surface area contributed by atoms with Gasteiger partial charge in [-0.15, -0.1) is 11.3 Å². The lowest BCUT2D eigenvalue weighted by molar-refractivity contribution is 0.0935. The highest BCUT2D eigenvalue weighted by molar-refractivity contribution is 7.21. The Morgan fingerprint density at radius 1 is 1.22 bits per heavy atom. The summed E-state index contributed by atoms with van der Waals surface area (Å²) in [6, 6.07) is 3.77. The fourth-order valence-corrected chi connectivity index (χ4v) is 5.58. The van der Waals surface area contributed by atoms with E-state index in [0.717, 1.165) is 19.4 Å². The van der Waals surface area contributed by atoms with Crippen LogP contribution in [0.25, 0.3) is 10.2 Å². The van der Waals surface area contributed by atoms with Gasteiger partial charge < -0.3 is 20.7 Å². The minimum atomic E-state index is -0.502. The van der Waals surface area contributed by atoms with Crippen molar-refractivity contribution in [3.63, 3.8) is 0 Å². The number of thiophene rings is 1. The molecule has 1 unspecified atom stereocenters. The third-order valence-corrected chi connectivity index (χ3v) is 7.29. The van der Waals surface area contributed by atoms with Gasteiger partial charge in [0.1, 0.15) is 21.2 Å². The molecule has 2 aliphatic rings. The molecule has 1 atom stereocenters. The van der Waals surface area contributed by atoms with E-state index in [1.807, 2.05) is 0 Å². The van der Waals surface area contributed by atoms with Gasteiger partial charge in [0, 0.05) is 18.8 Å². The molecule has 8 nitrogen and oxygen atoms in total. The van der Waals surface area contributed by atoms with Crippen LogP contribution in [0.2, 0.25) is 0 Å². The normalized spacial score (nSPS) is 19.0. The Morgan fingerprint density at radius 2 is 2.08 bits per heavy atom. The largest absolute Gasteiger partial charge is 0.457 e. The summed E-state index contributed by atoms with van der Waals surface area (Å²) in [4.78, 5) is 33.7. The van der Waals surface area contributed by atoms with Gasteiger partial charge in [-0.3, -0.25) is 9.69 Å². The summed E-state index contributed by atoms with van der Waals surface area (Å²) < 4.78 is 45.5. The summed E-state index contributed by atoms with van der Waals surface area (Å²) >= 11 is 1.23. The predicted octanol–water partition coefficient (Wildman–Crippen LogP) is 5.56. The molecule has 4 heterocycles. The van der Waals surface area contributed by atoms with Crippen LogP contribution in [-0.2, 0) is 0 Å². The first-order valence-corrected chi connectivity index (χ1v) is 12.4. The molecule has 0 aliphatic carbocycles. The molecule has 1 fully saturated rings. The fourth-order valence-electron chi connectivity index (χ4n) is 4.56. The van der Waals surface area contributed by atoms with Crippen molar-refractivity contribution < 1.29 is 21.2 Å². The maximum Gasteiger partial charge on any atom is 0.331 e. The number of ether oxygens (including phenoxy) is 1. The standard InChI is InChI=1S/C27H25N5O3S/c1-16-14-19(35-18-7-3-2-4-8-18)9-10-20(16)32-21-11-13-29-26-22(21)23(31-27(32)34)24(36-26)25(33)30-17-6-5-12-28-15-17/h2-4,7-11,13-14,17,28H,5-6,12,15H2,1H3,(H,30,33)(H,31,34)/i2D,3D,4D,7D,8D. The van der Waals surface area contributed by atoms with Crippen molar-refractivity contribution in [2.75, 3.05) is 23.3 Å². The van der Waals surface area contributed by atoms with Crippen LogP contribution in [0, 0.1) is 6.92 Å². The SMILES string of the molecule is [2H]c1c([2H])c([2H])c(Oc2ccc(N3C(=O)Nc4c(C(=O)NC5CCCNC5)sc5nccc3c45)c(C)c2)c([2H])c1[2H]. The molecular formula is C27H25N5O3S. The van der Waals surface area contributed by atoms with Crippen LogP contribution >= 0.6 is 11.3 Å². The Balaban J connectivity index is 1.34. The lowest BCUT2D eigenvalue weighted by Crippen LogP contribution is -2.45. The minimum Gasteiger partial charge on any atom is -0.457 e. The molecule has 0 bridgehead atoms. The minimum absolute atomic E-state index is 0.0165. The molecule has 1 saturated heterocycles. The third kappa shape index (κ3) is 4.06. The average Bonchev–Trinajstić information content (AvgIpc) is 3.34. The predicted molar refractivity (Wildman–Crippen MR) is 142 cm³/mol. The quantitative estimate of drug-likeness (QED) is 0.331. The molecule has 2 aliphatic heterocycles. The Bertz CT molecular complexity index is 1710. The number of hydrogen-bond acceptors (Lipinski definition) is 6. The van der Waals surface area contributed by atoms with Crippen molar-refractivity contribution in [3.8, 4) is 11.5 Å². The summed E-state index contributed by atoms with van der Waals surface area (Å²) in [6.45, 7) is 3.40. The number of benzene rings is 2. The molecule has 182 valence electrons. The van der Waals surface area contributed by atoms with E-state index >= 15 is 0 Å². The maximum atomic E-state index is 13.5. The molecule has 9 heteroatoms. The van der Waals surface area contributed by atoms with Gasteiger partial charge in [-0.25, -0.2) is 9.78 Å². The van der Waals surface area contributed by atoms with E-state index in [2.05, 4.69) is 20.9 Å². The second-order valence-corrected chi connectivity index (χ2v) is 9.60. The highest BCUT2D eigenvalue weighted by Crippen LogP contribution is 2.46. The fraction of sp³-hybridized carbons (Fsp3) is 0.222. The van der Waals surface area contributed by atoms with Crippen LogP contribution in [-0.4, -0.2) is 36.1 Å². The zero-order chi connectivity index (χ0) is 29.0.